The summed E-state index contributed by atoms with van der Waals surface area (Å²) in [7, 11) is 0. The molecule has 2 aromatic rings. The molecule has 0 amide bonds. The molecule has 0 aliphatic carbocycles. The van der Waals surface area contributed by atoms with Crippen LogP contribution in [0.3, 0.4) is 0 Å². The van der Waals surface area contributed by atoms with Crippen molar-refractivity contribution in [3.63, 3.8) is 0 Å². The Bertz CT molecular complexity index is 491. The molecule has 1 aromatic carbocycles. The number of carbonyl (C=O) groups is 1. The van der Waals surface area contributed by atoms with Gasteiger partial charge in [-0.25, -0.2) is 4.98 Å². The molecule has 0 radical (unpaired) electrons. The summed E-state index contributed by atoms with van der Waals surface area (Å²) in [4.78, 5) is 15.9. The van der Waals surface area contributed by atoms with Crippen molar-refractivity contribution in [2.24, 2.45) is 0 Å². The van der Waals surface area contributed by atoms with Crippen LogP contribution in [0.2, 0.25) is 0 Å². The average molecular weight is 211 g/mol. The second-order valence-electron chi connectivity index (χ2n) is 3.55. The molecule has 0 saturated heterocycles. The van der Waals surface area contributed by atoms with E-state index in [-0.39, 0.29) is 5.78 Å². The Morgan fingerprint density at radius 2 is 1.81 bits per heavy atom. The highest BCUT2D eigenvalue weighted by molar-refractivity contribution is 5.94. The molecule has 80 valence electrons. The molecule has 0 spiro atoms. The second-order valence-corrected chi connectivity index (χ2v) is 3.55. The highest BCUT2D eigenvalue weighted by Crippen LogP contribution is 2.16. The number of benzene rings is 1. The van der Waals surface area contributed by atoms with Crippen LogP contribution in [0.4, 0.5) is 0 Å². The van der Waals surface area contributed by atoms with E-state index in [0.717, 1.165) is 11.3 Å². The molecule has 0 saturated carbocycles. The van der Waals surface area contributed by atoms with Crippen molar-refractivity contribution in [2.75, 3.05) is 0 Å². The summed E-state index contributed by atoms with van der Waals surface area (Å²) in [5.74, 6) is 0.0813. The van der Waals surface area contributed by atoms with Crippen LogP contribution in [0, 0.1) is 0 Å². The molecule has 0 unspecified atom stereocenters. The van der Waals surface area contributed by atoms with Crippen LogP contribution in [-0.2, 0) is 0 Å². The van der Waals surface area contributed by atoms with Crippen molar-refractivity contribution >= 4 is 5.78 Å². The Morgan fingerprint density at radius 3 is 2.50 bits per heavy atom. The summed E-state index contributed by atoms with van der Waals surface area (Å²) in [6.45, 7) is 1.85. The van der Waals surface area contributed by atoms with Crippen molar-refractivity contribution < 1.29 is 4.79 Å². The van der Waals surface area contributed by atoms with Crippen molar-refractivity contribution in [2.45, 2.75) is 13.3 Å². The van der Waals surface area contributed by atoms with E-state index < -0.39 is 0 Å². The number of hydrogen-bond acceptors (Lipinski definition) is 2. The van der Waals surface area contributed by atoms with Gasteiger partial charge in [-0.3, -0.25) is 4.79 Å². The molecule has 1 aromatic heterocycles. The number of aromatic nitrogens is 1. The Hall–Kier alpha value is -1.96. The third-order valence-corrected chi connectivity index (χ3v) is 2.43. The van der Waals surface area contributed by atoms with E-state index in [2.05, 4.69) is 4.98 Å². The predicted molar refractivity (Wildman–Crippen MR) is 64.3 cm³/mol. The lowest BCUT2D eigenvalue weighted by Gasteiger charge is -2.02. The van der Waals surface area contributed by atoms with Crippen LogP contribution in [0.5, 0.6) is 0 Å². The van der Waals surface area contributed by atoms with Crippen molar-refractivity contribution in [1.29, 1.82) is 0 Å². The first kappa shape index (κ1) is 10.6. The maximum atomic E-state index is 11.5. The number of Topliss-reactive ketones (excluding diaryl/α,β-unsaturated/α-hetero) is 1. The van der Waals surface area contributed by atoms with Gasteiger partial charge < -0.3 is 0 Å². The number of nitrogens with zero attached hydrogens (tertiary/aromatic N) is 1. The summed E-state index contributed by atoms with van der Waals surface area (Å²) in [5.41, 5.74) is 2.43. The third-order valence-electron chi connectivity index (χ3n) is 2.43. The van der Waals surface area contributed by atoms with Gasteiger partial charge in [-0.2, -0.15) is 0 Å². The molecule has 0 bridgehead atoms. The lowest BCUT2D eigenvalue weighted by Crippen LogP contribution is -2.00. The van der Waals surface area contributed by atoms with E-state index in [1.807, 2.05) is 49.4 Å². The fourth-order valence-corrected chi connectivity index (χ4v) is 1.54. The number of ketones is 1. The van der Waals surface area contributed by atoms with Gasteiger partial charge in [0.05, 0.1) is 5.69 Å². The molecule has 1 heterocycles. The number of hydrogen-bond donors (Lipinski definition) is 0. The molecular weight excluding hydrogens is 198 g/mol. The minimum atomic E-state index is 0.0813. The molecule has 0 atom stereocenters. The monoisotopic (exact) mass is 211 g/mol. The zero-order valence-corrected chi connectivity index (χ0v) is 9.18. The van der Waals surface area contributed by atoms with Crippen LogP contribution in [0.15, 0.2) is 48.5 Å². The molecule has 0 aliphatic rings. The summed E-state index contributed by atoms with van der Waals surface area (Å²) in [6, 6.07) is 15.4. The van der Waals surface area contributed by atoms with Crippen LogP contribution in [0.1, 0.15) is 23.8 Å². The van der Waals surface area contributed by atoms with Crippen LogP contribution < -0.4 is 0 Å². The molecule has 0 N–H and O–H groups in total. The molecule has 2 nitrogen and oxygen atoms in total. The van der Waals surface area contributed by atoms with Crippen LogP contribution in [-0.4, -0.2) is 10.8 Å². The van der Waals surface area contributed by atoms with E-state index in [0.29, 0.717) is 12.1 Å². The first-order valence-electron chi connectivity index (χ1n) is 5.37. The fourth-order valence-electron chi connectivity index (χ4n) is 1.54. The van der Waals surface area contributed by atoms with Crippen LogP contribution in [0.25, 0.3) is 11.3 Å². The van der Waals surface area contributed by atoms with Gasteiger partial charge in [-0.1, -0.05) is 43.3 Å². The summed E-state index contributed by atoms with van der Waals surface area (Å²) >= 11 is 0. The summed E-state index contributed by atoms with van der Waals surface area (Å²) < 4.78 is 0. The van der Waals surface area contributed by atoms with Gasteiger partial charge in [0.1, 0.15) is 5.69 Å². The Kier molecular flexibility index (Phi) is 3.10. The lowest BCUT2D eigenvalue weighted by atomic mass is 10.1. The Labute approximate surface area is 95.0 Å². The van der Waals surface area contributed by atoms with E-state index in [1.165, 1.54) is 0 Å². The standard InChI is InChI=1S/C14H13NO/c1-2-14(16)13-10-6-9-12(15-13)11-7-4-3-5-8-11/h3-10H,2H2,1H3. The topological polar surface area (TPSA) is 30.0 Å². The first-order valence-corrected chi connectivity index (χ1v) is 5.37. The van der Waals surface area contributed by atoms with Gasteiger partial charge in [0, 0.05) is 12.0 Å². The zero-order chi connectivity index (χ0) is 11.4. The van der Waals surface area contributed by atoms with E-state index in [4.69, 9.17) is 0 Å². The van der Waals surface area contributed by atoms with Gasteiger partial charge in [-0.05, 0) is 12.1 Å². The fraction of sp³-hybridized carbons (Fsp3) is 0.143. The third kappa shape index (κ3) is 2.16. The average Bonchev–Trinajstić information content (AvgIpc) is 2.39. The number of rotatable bonds is 3. The Morgan fingerprint density at radius 1 is 1.06 bits per heavy atom. The van der Waals surface area contributed by atoms with Crippen molar-refractivity contribution in [3.05, 3.63) is 54.2 Å². The highest BCUT2D eigenvalue weighted by Gasteiger charge is 2.06. The van der Waals surface area contributed by atoms with Gasteiger partial charge >= 0.3 is 0 Å². The largest absolute Gasteiger partial charge is 0.292 e. The number of carbonyl (C=O) groups excluding carboxylic acids is 1. The maximum Gasteiger partial charge on any atom is 0.180 e. The van der Waals surface area contributed by atoms with Crippen molar-refractivity contribution in [3.8, 4) is 11.3 Å². The summed E-state index contributed by atoms with van der Waals surface area (Å²) in [5, 5.41) is 0. The maximum absolute atomic E-state index is 11.5. The minimum Gasteiger partial charge on any atom is -0.292 e. The number of pyridine rings is 1. The van der Waals surface area contributed by atoms with Crippen LogP contribution >= 0.6 is 0 Å². The first-order chi connectivity index (χ1) is 7.81. The van der Waals surface area contributed by atoms with E-state index in [9.17, 15) is 4.79 Å². The second kappa shape index (κ2) is 4.71. The van der Waals surface area contributed by atoms with E-state index >= 15 is 0 Å². The Balaban J connectivity index is 2.40. The van der Waals surface area contributed by atoms with Gasteiger partial charge in [0.2, 0.25) is 0 Å². The van der Waals surface area contributed by atoms with Crippen molar-refractivity contribution in [1.82, 2.24) is 4.98 Å². The normalized spacial score (nSPS) is 10.1. The SMILES string of the molecule is CCC(=O)c1cccc(-c2ccccc2)n1. The summed E-state index contributed by atoms with van der Waals surface area (Å²) in [6.07, 6.45) is 0.491. The van der Waals surface area contributed by atoms with Gasteiger partial charge in [0.25, 0.3) is 0 Å². The molecule has 16 heavy (non-hydrogen) atoms. The molecule has 0 aliphatic heterocycles. The smallest absolute Gasteiger partial charge is 0.180 e. The molecular formula is C14H13NO. The van der Waals surface area contributed by atoms with E-state index in [1.54, 1.807) is 6.07 Å². The lowest BCUT2D eigenvalue weighted by molar-refractivity contribution is 0.0983. The predicted octanol–water partition coefficient (Wildman–Crippen LogP) is 3.34. The minimum absolute atomic E-state index is 0.0813. The molecule has 2 heteroatoms. The zero-order valence-electron chi connectivity index (χ0n) is 9.18. The molecule has 0 fully saturated rings. The quantitative estimate of drug-likeness (QED) is 0.729. The highest BCUT2D eigenvalue weighted by atomic mass is 16.1. The van der Waals surface area contributed by atoms with Gasteiger partial charge in [0.15, 0.2) is 5.78 Å². The van der Waals surface area contributed by atoms with Gasteiger partial charge in [-0.15, -0.1) is 0 Å². The molecule has 2 rings (SSSR count).